The van der Waals surface area contributed by atoms with E-state index in [1.165, 1.54) is 0 Å². The molecule has 1 aliphatic heterocycles. The first-order chi connectivity index (χ1) is 11.0. The third-order valence-electron chi connectivity index (χ3n) is 4.61. The van der Waals surface area contributed by atoms with Crippen molar-refractivity contribution in [3.05, 3.63) is 47.2 Å². The van der Waals surface area contributed by atoms with Crippen molar-refractivity contribution < 1.29 is 14.6 Å². The molecule has 0 bridgehead atoms. The number of ether oxygens (including phenoxy) is 1. The van der Waals surface area contributed by atoms with Crippen molar-refractivity contribution in [1.29, 1.82) is 0 Å². The summed E-state index contributed by atoms with van der Waals surface area (Å²) in [6.07, 6.45) is 1.64. The fourth-order valence-corrected chi connectivity index (χ4v) is 2.95. The number of rotatable bonds is 6. The van der Waals surface area contributed by atoms with E-state index < -0.39 is 0 Å². The van der Waals surface area contributed by atoms with Crippen LogP contribution in [0.25, 0.3) is 0 Å². The average Bonchev–Trinajstić information content (AvgIpc) is 2.56. The Hall–Kier alpha value is -1.81. The van der Waals surface area contributed by atoms with Crippen LogP contribution in [0.15, 0.2) is 41.7 Å². The van der Waals surface area contributed by atoms with Crippen molar-refractivity contribution in [2.75, 3.05) is 19.8 Å². The quantitative estimate of drug-likeness (QED) is 0.848. The molecule has 0 fully saturated rings. The highest BCUT2D eigenvalue weighted by Crippen LogP contribution is 2.34. The molecule has 1 aromatic carbocycles. The standard InChI is InChI=1S/C19H27NO3/c1-14-16(10-7-11-23-14)18(22)20-12-17(19(2,3)13-21)15-8-5-4-6-9-15/h4-6,8-9,17,21H,7,10-13H2,1-3H3,(H,20,22). The number of nitrogens with one attached hydrogen (secondary N) is 1. The van der Waals surface area contributed by atoms with Gasteiger partial charge in [-0.2, -0.15) is 0 Å². The zero-order valence-electron chi connectivity index (χ0n) is 14.3. The van der Waals surface area contributed by atoms with Gasteiger partial charge in [0.25, 0.3) is 5.91 Å². The SMILES string of the molecule is CC1=C(C(=O)NCC(c2ccccc2)C(C)(C)CO)CCCO1. The lowest BCUT2D eigenvalue weighted by Crippen LogP contribution is -2.38. The van der Waals surface area contributed by atoms with E-state index in [4.69, 9.17) is 4.74 Å². The number of carbonyl (C=O) groups is 1. The van der Waals surface area contributed by atoms with Gasteiger partial charge in [-0.3, -0.25) is 4.79 Å². The molecular weight excluding hydrogens is 290 g/mol. The fraction of sp³-hybridized carbons (Fsp3) is 0.526. The molecule has 1 unspecified atom stereocenters. The lowest BCUT2D eigenvalue weighted by Gasteiger charge is -2.33. The van der Waals surface area contributed by atoms with Gasteiger partial charge >= 0.3 is 0 Å². The van der Waals surface area contributed by atoms with Crippen LogP contribution in [0.4, 0.5) is 0 Å². The Morgan fingerprint density at radius 3 is 2.65 bits per heavy atom. The average molecular weight is 317 g/mol. The summed E-state index contributed by atoms with van der Waals surface area (Å²) in [6, 6.07) is 10.0. The highest BCUT2D eigenvalue weighted by molar-refractivity contribution is 5.93. The number of aliphatic hydroxyl groups excluding tert-OH is 1. The van der Waals surface area contributed by atoms with E-state index in [2.05, 4.69) is 5.32 Å². The fourth-order valence-electron chi connectivity index (χ4n) is 2.95. The van der Waals surface area contributed by atoms with E-state index in [0.29, 0.717) is 13.2 Å². The number of hydrogen-bond acceptors (Lipinski definition) is 3. The Morgan fingerprint density at radius 2 is 2.04 bits per heavy atom. The molecule has 1 heterocycles. The summed E-state index contributed by atoms with van der Waals surface area (Å²) >= 11 is 0. The monoisotopic (exact) mass is 317 g/mol. The van der Waals surface area contributed by atoms with E-state index in [0.717, 1.165) is 29.7 Å². The van der Waals surface area contributed by atoms with Crippen LogP contribution >= 0.6 is 0 Å². The molecule has 4 heteroatoms. The minimum atomic E-state index is -0.318. The van der Waals surface area contributed by atoms with E-state index in [1.54, 1.807) is 0 Å². The van der Waals surface area contributed by atoms with Crippen LogP contribution in [0.1, 0.15) is 45.1 Å². The van der Waals surface area contributed by atoms with Crippen molar-refractivity contribution in [2.24, 2.45) is 5.41 Å². The first-order valence-electron chi connectivity index (χ1n) is 8.22. The van der Waals surface area contributed by atoms with Gasteiger partial charge in [0, 0.05) is 19.1 Å². The van der Waals surface area contributed by atoms with E-state index in [1.807, 2.05) is 51.1 Å². The van der Waals surface area contributed by atoms with Crippen molar-refractivity contribution in [2.45, 2.75) is 39.5 Å². The number of carbonyl (C=O) groups excluding carboxylic acids is 1. The van der Waals surface area contributed by atoms with Crippen LogP contribution in [0, 0.1) is 5.41 Å². The molecule has 0 aromatic heterocycles. The molecule has 2 rings (SSSR count). The van der Waals surface area contributed by atoms with Gasteiger partial charge in [0.2, 0.25) is 0 Å². The van der Waals surface area contributed by atoms with Gasteiger partial charge in [0.05, 0.1) is 12.2 Å². The first-order valence-corrected chi connectivity index (χ1v) is 8.22. The zero-order chi connectivity index (χ0) is 16.9. The predicted molar refractivity (Wildman–Crippen MR) is 90.9 cm³/mol. The molecule has 0 aliphatic carbocycles. The maximum absolute atomic E-state index is 12.4. The molecule has 0 saturated heterocycles. The summed E-state index contributed by atoms with van der Waals surface area (Å²) in [5, 5.41) is 12.8. The summed E-state index contributed by atoms with van der Waals surface area (Å²) in [5.41, 5.74) is 1.54. The second-order valence-electron chi connectivity index (χ2n) is 6.81. The van der Waals surface area contributed by atoms with E-state index in [-0.39, 0.29) is 23.8 Å². The van der Waals surface area contributed by atoms with Crippen LogP contribution < -0.4 is 5.32 Å². The Labute approximate surface area is 138 Å². The van der Waals surface area contributed by atoms with Crippen molar-refractivity contribution in [3.8, 4) is 0 Å². The molecule has 2 N–H and O–H groups in total. The second kappa shape index (κ2) is 7.64. The molecule has 1 atom stereocenters. The van der Waals surface area contributed by atoms with Crippen LogP contribution in [0.2, 0.25) is 0 Å². The topological polar surface area (TPSA) is 58.6 Å². The van der Waals surface area contributed by atoms with Gasteiger partial charge in [-0.1, -0.05) is 44.2 Å². The number of allylic oxidation sites excluding steroid dienone is 1. The molecule has 0 spiro atoms. The highest BCUT2D eigenvalue weighted by atomic mass is 16.5. The van der Waals surface area contributed by atoms with E-state index >= 15 is 0 Å². The van der Waals surface area contributed by atoms with Crippen LogP contribution in [-0.4, -0.2) is 30.8 Å². The van der Waals surface area contributed by atoms with Gasteiger partial charge in [-0.15, -0.1) is 0 Å². The predicted octanol–water partition coefficient (Wildman–Crippen LogP) is 2.99. The molecule has 4 nitrogen and oxygen atoms in total. The molecule has 126 valence electrons. The lowest BCUT2D eigenvalue weighted by atomic mass is 9.75. The van der Waals surface area contributed by atoms with Gasteiger partial charge in [0.1, 0.15) is 5.76 Å². The second-order valence-corrected chi connectivity index (χ2v) is 6.81. The van der Waals surface area contributed by atoms with Crippen molar-refractivity contribution in [1.82, 2.24) is 5.32 Å². The molecule has 0 radical (unpaired) electrons. The maximum Gasteiger partial charge on any atom is 0.250 e. The van der Waals surface area contributed by atoms with Gasteiger partial charge in [-0.25, -0.2) is 0 Å². The summed E-state index contributed by atoms with van der Waals surface area (Å²) in [6.45, 7) is 7.13. The highest BCUT2D eigenvalue weighted by Gasteiger charge is 2.31. The summed E-state index contributed by atoms with van der Waals surface area (Å²) in [7, 11) is 0. The summed E-state index contributed by atoms with van der Waals surface area (Å²) < 4.78 is 5.47. The molecule has 1 aromatic rings. The van der Waals surface area contributed by atoms with Crippen LogP contribution in [0.5, 0.6) is 0 Å². The number of amides is 1. The van der Waals surface area contributed by atoms with Crippen molar-refractivity contribution >= 4 is 5.91 Å². The smallest absolute Gasteiger partial charge is 0.250 e. The number of hydrogen-bond donors (Lipinski definition) is 2. The lowest BCUT2D eigenvalue weighted by molar-refractivity contribution is -0.118. The normalized spacial score (nSPS) is 16.7. The van der Waals surface area contributed by atoms with Gasteiger partial charge < -0.3 is 15.2 Å². The minimum Gasteiger partial charge on any atom is -0.498 e. The Balaban J connectivity index is 2.11. The molecular formula is C19H27NO3. The molecule has 23 heavy (non-hydrogen) atoms. The zero-order valence-corrected chi connectivity index (χ0v) is 14.3. The number of benzene rings is 1. The van der Waals surface area contributed by atoms with E-state index in [9.17, 15) is 9.90 Å². The van der Waals surface area contributed by atoms with Gasteiger partial charge in [0.15, 0.2) is 0 Å². The third-order valence-corrected chi connectivity index (χ3v) is 4.61. The molecule has 0 saturated carbocycles. The summed E-state index contributed by atoms with van der Waals surface area (Å²) in [5.74, 6) is 0.714. The largest absolute Gasteiger partial charge is 0.498 e. The Morgan fingerprint density at radius 1 is 1.35 bits per heavy atom. The van der Waals surface area contributed by atoms with Crippen molar-refractivity contribution in [3.63, 3.8) is 0 Å². The maximum atomic E-state index is 12.4. The summed E-state index contributed by atoms with van der Waals surface area (Å²) in [4.78, 5) is 12.4. The van der Waals surface area contributed by atoms with Gasteiger partial charge in [-0.05, 0) is 30.7 Å². The number of aliphatic hydroxyl groups is 1. The Bertz CT molecular complexity index is 563. The first kappa shape index (κ1) is 17.5. The minimum absolute atomic E-state index is 0.0445. The molecule has 1 amide bonds. The molecule has 1 aliphatic rings. The Kier molecular flexibility index (Phi) is 5.83. The van der Waals surface area contributed by atoms with Crippen LogP contribution in [-0.2, 0) is 9.53 Å². The van der Waals surface area contributed by atoms with Crippen LogP contribution in [0.3, 0.4) is 0 Å². The third kappa shape index (κ3) is 4.35.